The van der Waals surface area contributed by atoms with Crippen LogP contribution in [-0.2, 0) is 15.0 Å². The van der Waals surface area contributed by atoms with Gasteiger partial charge in [0.25, 0.3) is 5.91 Å². The lowest BCUT2D eigenvalue weighted by molar-refractivity contribution is -0.131. The van der Waals surface area contributed by atoms with Crippen LogP contribution in [0.2, 0.25) is 0 Å². The Morgan fingerprint density at radius 3 is 2.39 bits per heavy atom. The number of benzene rings is 2. The summed E-state index contributed by atoms with van der Waals surface area (Å²) in [6, 6.07) is 12.6. The van der Waals surface area contributed by atoms with Crippen molar-refractivity contribution < 1.29 is 23.9 Å². The van der Waals surface area contributed by atoms with Gasteiger partial charge >= 0.3 is 0 Å². The van der Waals surface area contributed by atoms with Crippen molar-refractivity contribution in [1.82, 2.24) is 4.90 Å². The number of hydrogen-bond acceptors (Lipinski definition) is 5. The number of ketones is 1. The second-order valence-corrected chi connectivity index (χ2v) is 9.53. The number of rotatable bonds is 6. The summed E-state index contributed by atoms with van der Waals surface area (Å²) >= 11 is 0. The Bertz CT molecular complexity index is 1050. The number of nitrogens with zero attached hydrogens (tertiary/aromatic N) is 2. The van der Waals surface area contributed by atoms with Crippen LogP contribution in [0, 0.1) is 0 Å². The monoisotopic (exact) mass is 450 g/mol. The van der Waals surface area contributed by atoms with Crippen molar-refractivity contribution in [2.24, 2.45) is 0 Å². The number of Topliss-reactive ketones (excluding diaryl/α,β-unsaturated/α-hetero) is 1. The molecule has 0 spiro atoms. The topological polar surface area (TPSA) is 76.2 Å². The van der Waals surface area contributed by atoms with Crippen molar-refractivity contribution in [2.75, 3.05) is 37.7 Å². The fourth-order valence-corrected chi connectivity index (χ4v) is 4.03. The van der Waals surface area contributed by atoms with Crippen LogP contribution in [0.25, 0.3) is 0 Å². The van der Waals surface area contributed by atoms with Crippen LogP contribution in [0.4, 0.5) is 5.69 Å². The largest absolute Gasteiger partial charge is 0.485 e. The van der Waals surface area contributed by atoms with Gasteiger partial charge < -0.3 is 14.4 Å². The third-order valence-electron chi connectivity index (χ3n) is 6.07. The second-order valence-electron chi connectivity index (χ2n) is 9.53. The van der Waals surface area contributed by atoms with Crippen molar-refractivity contribution in [3.8, 4) is 11.5 Å². The summed E-state index contributed by atoms with van der Waals surface area (Å²) in [6.07, 6.45) is 1.97. The minimum absolute atomic E-state index is 0.0407. The first kappa shape index (κ1) is 22.8. The minimum atomic E-state index is -0.296. The van der Waals surface area contributed by atoms with E-state index >= 15 is 0 Å². The highest BCUT2D eigenvalue weighted by Crippen LogP contribution is 2.33. The van der Waals surface area contributed by atoms with E-state index in [1.54, 1.807) is 23.1 Å². The van der Waals surface area contributed by atoms with Gasteiger partial charge in [-0.2, -0.15) is 0 Å². The zero-order valence-electron chi connectivity index (χ0n) is 19.4. The smallest absolute Gasteiger partial charge is 0.265 e. The molecule has 0 atom stereocenters. The summed E-state index contributed by atoms with van der Waals surface area (Å²) in [5.41, 5.74) is 2.07. The van der Waals surface area contributed by atoms with Crippen molar-refractivity contribution in [3.63, 3.8) is 0 Å². The molecular weight excluding hydrogens is 420 g/mol. The van der Waals surface area contributed by atoms with E-state index in [1.165, 1.54) is 10.5 Å². The van der Waals surface area contributed by atoms with Crippen molar-refractivity contribution in [2.45, 2.75) is 39.0 Å². The summed E-state index contributed by atoms with van der Waals surface area (Å²) in [5, 5.41) is 0. The maximum atomic E-state index is 12.8. The van der Waals surface area contributed by atoms with E-state index in [0.717, 1.165) is 25.9 Å². The fraction of sp³-hybridized carbons (Fsp3) is 0.423. The van der Waals surface area contributed by atoms with Crippen molar-refractivity contribution in [1.29, 1.82) is 0 Å². The molecule has 0 unspecified atom stereocenters. The van der Waals surface area contributed by atoms with Gasteiger partial charge in [0.05, 0.1) is 5.69 Å². The van der Waals surface area contributed by atoms with Crippen LogP contribution in [-0.4, -0.2) is 55.3 Å². The van der Waals surface area contributed by atoms with Gasteiger partial charge in [-0.1, -0.05) is 32.9 Å². The maximum Gasteiger partial charge on any atom is 0.265 e. The number of anilines is 1. The van der Waals surface area contributed by atoms with E-state index < -0.39 is 0 Å². The minimum Gasteiger partial charge on any atom is -0.485 e. The van der Waals surface area contributed by atoms with Crippen LogP contribution in [0.15, 0.2) is 42.5 Å². The Morgan fingerprint density at radius 1 is 1.03 bits per heavy atom. The molecule has 0 bridgehead atoms. The number of fused-ring (bicyclic) bond motifs is 1. The molecule has 2 aliphatic heterocycles. The lowest BCUT2D eigenvalue weighted by Gasteiger charge is -2.30. The van der Waals surface area contributed by atoms with Gasteiger partial charge in [0.15, 0.2) is 19.0 Å². The van der Waals surface area contributed by atoms with E-state index in [-0.39, 0.29) is 42.8 Å². The Hall–Kier alpha value is -3.35. The molecular formula is C26H30N2O5. The number of carbonyl (C=O) groups is 3. The zero-order valence-corrected chi connectivity index (χ0v) is 19.4. The highest BCUT2D eigenvalue weighted by atomic mass is 16.5. The Balaban J connectivity index is 1.45. The molecule has 0 radical (unpaired) electrons. The molecule has 7 nitrogen and oxygen atoms in total. The van der Waals surface area contributed by atoms with E-state index in [1.807, 2.05) is 24.3 Å². The molecule has 1 saturated heterocycles. The van der Waals surface area contributed by atoms with Crippen LogP contribution < -0.4 is 14.4 Å². The van der Waals surface area contributed by atoms with Gasteiger partial charge in [0.2, 0.25) is 5.91 Å². The zero-order chi connectivity index (χ0) is 23.6. The van der Waals surface area contributed by atoms with Crippen LogP contribution in [0.3, 0.4) is 0 Å². The van der Waals surface area contributed by atoms with Gasteiger partial charge in [0, 0.05) is 18.7 Å². The number of likely N-dealkylation sites (tertiary alicyclic amines) is 1. The highest BCUT2D eigenvalue weighted by Gasteiger charge is 2.30. The summed E-state index contributed by atoms with van der Waals surface area (Å²) in [7, 11) is 0. The molecule has 2 aliphatic rings. The average molecular weight is 451 g/mol. The first-order chi connectivity index (χ1) is 15.7. The van der Waals surface area contributed by atoms with Gasteiger partial charge in [-0.05, 0) is 54.2 Å². The van der Waals surface area contributed by atoms with E-state index in [2.05, 4.69) is 20.8 Å². The summed E-state index contributed by atoms with van der Waals surface area (Å²) in [6.45, 7) is 7.55. The van der Waals surface area contributed by atoms with Gasteiger partial charge in [-0.25, -0.2) is 0 Å². The first-order valence-electron chi connectivity index (χ1n) is 11.3. The number of amides is 2. The van der Waals surface area contributed by atoms with Crippen molar-refractivity contribution >= 4 is 23.3 Å². The molecule has 7 heteroatoms. The van der Waals surface area contributed by atoms with E-state index in [4.69, 9.17) is 9.47 Å². The molecule has 4 rings (SSSR count). The molecule has 174 valence electrons. The fourth-order valence-electron chi connectivity index (χ4n) is 4.03. The third-order valence-corrected chi connectivity index (χ3v) is 6.07. The number of hydrogen-bond donors (Lipinski definition) is 0. The van der Waals surface area contributed by atoms with E-state index in [9.17, 15) is 14.4 Å². The molecule has 0 N–H and O–H groups in total. The number of carbonyl (C=O) groups excluding carboxylic acids is 3. The molecule has 0 aromatic heterocycles. The molecule has 2 aromatic rings. The van der Waals surface area contributed by atoms with Gasteiger partial charge in [-0.3, -0.25) is 19.3 Å². The lowest BCUT2D eigenvalue weighted by atomic mass is 9.87. The Morgan fingerprint density at radius 2 is 1.73 bits per heavy atom. The quantitative estimate of drug-likeness (QED) is 0.629. The average Bonchev–Trinajstić information content (AvgIpc) is 3.34. The summed E-state index contributed by atoms with van der Waals surface area (Å²) < 4.78 is 11.2. The first-order valence-corrected chi connectivity index (χ1v) is 11.3. The maximum absolute atomic E-state index is 12.8. The summed E-state index contributed by atoms with van der Waals surface area (Å²) in [5.74, 6) is 0.494. The molecule has 2 heterocycles. The molecule has 2 amide bonds. The molecule has 2 aromatic carbocycles. The second kappa shape index (κ2) is 9.25. The molecule has 0 saturated carbocycles. The Labute approximate surface area is 194 Å². The third kappa shape index (κ3) is 5.18. The molecule has 33 heavy (non-hydrogen) atoms. The normalized spacial score (nSPS) is 15.8. The van der Waals surface area contributed by atoms with Crippen molar-refractivity contribution in [3.05, 3.63) is 53.6 Å². The predicted molar refractivity (Wildman–Crippen MR) is 125 cm³/mol. The summed E-state index contributed by atoms with van der Waals surface area (Å²) in [4.78, 5) is 41.2. The van der Waals surface area contributed by atoms with Crippen LogP contribution in [0.1, 0.15) is 49.5 Å². The standard InChI is InChI=1S/C26H30N2O5/c1-26(2,3)19-7-9-20(10-8-19)32-16-22(29)18-6-11-23-21(14-18)28(25(31)17-33-23)15-24(30)27-12-4-5-13-27/h6-11,14H,4-5,12-13,15-17H2,1-3H3. The number of ether oxygens (including phenoxy) is 2. The van der Waals surface area contributed by atoms with Gasteiger partial charge in [-0.15, -0.1) is 0 Å². The molecule has 1 fully saturated rings. The Kier molecular flexibility index (Phi) is 6.40. The predicted octanol–water partition coefficient (Wildman–Crippen LogP) is 3.59. The van der Waals surface area contributed by atoms with Crippen LogP contribution >= 0.6 is 0 Å². The van der Waals surface area contributed by atoms with Crippen LogP contribution in [0.5, 0.6) is 11.5 Å². The lowest BCUT2D eigenvalue weighted by Crippen LogP contribution is -2.46. The SMILES string of the molecule is CC(C)(C)c1ccc(OCC(=O)c2ccc3c(c2)N(CC(=O)N2CCCC2)C(=O)CO3)cc1. The van der Waals surface area contributed by atoms with Gasteiger partial charge in [0.1, 0.15) is 18.0 Å². The molecule has 0 aliphatic carbocycles. The highest BCUT2D eigenvalue weighted by molar-refractivity contribution is 6.04. The van der Waals surface area contributed by atoms with E-state index in [0.29, 0.717) is 22.7 Å².